The molecule has 4 rings (SSSR count). The number of likely N-dealkylation sites (tertiary alicyclic amines) is 2. The van der Waals surface area contributed by atoms with Gasteiger partial charge >= 0.3 is 6.03 Å². The molecule has 1 N–H and O–H groups in total. The number of pyridine rings is 1. The highest BCUT2D eigenvalue weighted by Crippen LogP contribution is 2.38. The Morgan fingerprint density at radius 2 is 2.16 bits per heavy atom. The van der Waals surface area contributed by atoms with Gasteiger partial charge in [0.15, 0.2) is 0 Å². The Morgan fingerprint density at radius 3 is 2.96 bits per heavy atom. The van der Waals surface area contributed by atoms with Crippen molar-refractivity contribution in [1.29, 1.82) is 0 Å². The van der Waals surface area contributed by atoms with Crippen molar-refractivity contribution in [2.45, 2.75) is 51.1 Å². The van der Waals surface area contributed by atoms with Gasteiger partial charge in [0.25, 0.3) is 0 Å². The Bertz CT molecular complexity index is 619. The molecule has 3 aliphatic rings. The number of carbonyl (C=O) groups is 1. The van der Waals surface area contributed by atoms with E-state index in [1.54, 1.807) is 6.07 Å². The van der Waals surface area contributed by atoms with Gasteiger partial charge < -0.3 is 9.64 Å². The molecule has 2 aliphatic heterocycles. The van der Waals surface area contributed by atoms with Crippen LogP contribution < -0.4 is 10.1 Å². The van der Waals surface area contributed by atoms with Crippen LogP contribution in [-0.2, 0) is 0 Å². The first-order valence-electron chi connectivity index (χ1n) is 9.66. The average molecular weight is 344 g/mol. The fraction of sp³-hybridized carbons (Fsp3) is 0.684. The van der Waals surface area contributed by atoms with Crippen molar-refractivity contribution in [2.24, 2.45) is 5.92 Å². The molecular formula is C19H28N4O2. The number of ether oxygens (including phenoxy) is 1. The summed E-state index contributed by atoms with van der Waals surface area (Å²) in [5.41, 5.74) is 0. The van der Waals surface area contributed by atoms with Crippen LogP contribution in [0.3, 0.4) is 0 Å². The second kappa shape index (κ2) is 7.20. The van der Waals surface area contributed by atoms with Crippen LogP contribution >= 0.6 is 0 Å². The average Bonchev–Trinajstić information content (AvgIpc) is 3.46. The maximum atomic E-state index is 12.7. The van der Waals surface area contributed by atoms with Gasteiger partial charge in [0, 0.05) is 31.2 Å². The van der Waals surface area contributed by atoms with E-state index < -0.39 is 0 Å². The van der Waals surface area contributed by atoms with Crippen molar-refractivity contribution in [3.05, 3.63) is 18.2 Å². The summed E-state index contributed by atoms with van der Waals surface area (Å²) in [6.45, 7) is 5.45. The quantitative estimate of drug-likeness (QED) is 0.912. The highest BCUT2D eigenvalue weighted by molar-refractivity contribution is 5.88. The molecule has 1 aliphatic carbocycles. The SMILES string of the molecule is CCOc1cccc(NC(=O)N2CC[C@H]3[C@H](CCCN3C3CC3)C2)n1. The zero-order valence-electron chi connectivity index (χ0n) is 15.0. The largest absolute Gasteiger partial charge is 0.478 e. The predicted molar refractivity (Wildman–Crippen MR) is 96.9 cm³/mol. The maximum Gasteiger partial charge on any atom is 0.323 e. The lowest BCUT2D eigenvalue weighted by Gasteiger charge is -2.47. The van der Waals surface area contributed by atoms with Crippen LogP contribution in [0, 0.1) is 5.92 Å². The third-order valence-corrected chi connectivity index (χ3v) is 5.66. The lowest BCUT2D eigenvalue weighted by molar-refractivity contribution is 0.0315. The van der Waals surface area contributed by atoms with Gasteiger partial charge in [-0.25, -0.2) is 4.79 Å². The summed E-state index contributed by atoms with van der Waals surface area (Å²) in [5, 5.41) is 2.93. The number of amides is 2. The summed E-state index contributed by atoms with van der Waals surface area (Å²) in [6, 6.07) is 6.95. The molecule has 0 unspecified atom stereocenters. The van der Waals surface area contributed by atoms with Crippen molar-refractivity contribution < 1.29 is 9.53 Å². The minimum Gasteiger partial charge on any atom is -0.478 e. The molecule has 0 spiro atoms. The number of fused-ring (bicyclic) bond motifs is 1. The normalized spacial score (nSPS) is 26.8. The van der Waals surface area contributed by atoms with Crippen LogP contribution in [-0.4, -0.2) is 59.1 Å². The lowest BCUT2D eigenvalue weighted by Crippen LogP contribution is -2.56. The standard InChI is InChI=1S/C19H28N4O2/c1-2-25-18-7-3-6-17(20-18)21-19(24)22-12-10-16-14(13-22)5-4-11-23(16)15-8-9-15/h3,6-7,14-16H,2,4-5,8-13H2,1H3,(H,20,21,24)/t14-,16+/m1/s1. The van der Waals surface area contributed by atoms with E-state index in [4.69, 9.17) is 4.74 Å². The van der Waals surface area contributed by atoms with Crippen LogP contribution in [0.15, 0.2) is 18.2 Å². The number of nitrogens with one attached hydrogen (secondary N) is 1. The molecule has 0 bridgehead atoms. The molecule has 2 amide bonds. The number of carbonyl (C=O) groups excluding carboxylic acids is 1. The molecule has 3 fully saturated rings. The number of rotatable bonds is 4. The molecule has 0 radical (unpaired) electrons. The fourth-order valence-corrected chi connectivity index (χ4v) is 4.39. The molecule has 1 aromatic heterocycles. The molecule has 2 saturated heterocycles. The molecule has 25 heavy (non-hydrogen) atoms. The number of hydrogen-bond donors (Lipinski definition) is 1. The van der Waals surface area contributed by atoms with E-state index in [0.717, 1.165) is 25.6 Å². The van der Waals surface area contributed by atoms with E-state index in [1.807, 2.05) is 24.0 Å². The number of urea groups is 1. The van der Waals surface area contributed by atoms with Gasteiger partial charge in [-0.05, 0) is 57.6 Å². The molecule has 136 valence electrons. The van der Waals surface area contributed by atoms with Gasteiger partial charge in [-0.1, -0.05) is 6.07 Å². The topological polar surface area (TPSA) is 57.7 Å². The molecule has 0 aromatic carbocycles. The summed E-state index contributed by atoms with van der Waals surface area (Å²) in [5.74, 6) is 1.73. The first-order valence-corrected chi connectivity index (χ1v) is 9.66. The minimum atomic E-state index is -0.0388. The van der Waals surface area contributed by atoms with Crippen LogP contribution in [0.2, 0.25) is 0 Å². The minimum absolute atomic E-state index is 0.0388. The second-order valence-electron chi connectivity index (χ2n) is 7.40. The third-order valence-electron chi connectivity index (χ3n) is 5.66. The van der Waals surface area contributed by atoms with Gasteiger partial charge in [-0.15, -0.1) is 0 Å². The molecule has 1 saturated carbocycles. The van der Waals surface area contributed by atoms with Crippen LogP contribution in [0.1, 0.15) is 39.0 Å². The lowest BCUT2D eigenvalue weighted by atomic mass is 9.84. The maximum absolute atomic E-state index is 12.7. The second-order valence-corrected chi connectivity index (χ2v) is 7.40. The van der Waals surface area contributed by atoms with E-state index in [-0.39, 0.29) is 6.03 Å². The highest BCUT2D eigenvalue weighted by atomic mass is 16.5. The summed E-state index contributed by atoms with van der Waals surface area (Å²) >= 11 is 0. The van der Waals surface area contributed by atoms with Gasteiger partial charge in [0.05, 0.1) is 6.61 Å². The zero-order chi connectivity index (χ0) is 17.2. The van der Waals surface area contributed by atoms with Crippen molar-refractivity contribution in [2.75, 3.05) is 31.6 Å². The number of anilines is 1. The van der Waals surface area contributed by atoms with Crippen LogP contribution in [0.5, 0.6) is 5.88 Å². The molecule has 6 nitrogen and oxygen atoms in total. The van der Waals surface area contributed by atoms with Crippen molar-refractivity contribution >= 4 is 11.8 Å². The van der Waals surface area contributed by atoms with Crippen LogP contribution in [0.4, 0.5) is 10.6 Å². The molecule has 6 heteroatoms. The van der Waals surface area contributed by atoms with Crippen LogP contribution in [0.25, 0.3) is 0 Å². The summed E-state index contributed by atoms with van der Waals surface area (Å²) in [7, 11) is 0. The third kappa shape index (κ3) is 3.73. The van der Waals surface area contributed by atoms with E-state index >= 15 is 0 Å². The summed E-state index contributed by atoms with van der Waals surface area (Å²) in [6.07, 6.45) is 6.35. The van der Waals surface area contributed by atoms with Gasteiger partial charge in [0.2, 0.25) is 5.88 Å². The van der Waals surface area contributed by atoms with Crippen molar-refractivity contribution in [1.82, 2.24) is 14.8 Å². The number of aromatic nitrogens is 1. The Kier molecular flexibility index (Phi) is 4.79. The highest BCUT2D eigenvalue weighted by Gasteiger charge is 2.42. The first kappa shape index (κ1) is 16.6. The van der Waals surface area contributed by atoms with E-state index in [2.05, 4.69) is 15.2 Å². The molecular weight excluding hydrogens is 316 g/mol. The monoisotopic (exact) mass is 344 g/mol. The molecule has 2 atom stereocenters. The molecule has 1 aromatic rings. The summed E-state index contributed by atoms with van der Waals surface area (Å²) < 4.78 is 5.40. The van der Waals surface area contributed by atoms with E-state index in [1.165, 1.54) is 32.2 Å². The Hall–Kier alpha value is -1.82. The predicted octanol–water partition coefficient (Wildman–Crippen LogP) is 2.96. The number of nitrogens with zero attached hydrogens (tertiary/aromatic N) is 3. The van der Waals surface area contributed by atoms with E-state index in [0.29, 0.717) is 30.3 Å². The zero-order valence-corrected chi connectivity index (χ0v) is 15.0. The van der Waals surface area contributed by atoms with Crippen molar-refractivity contribution in [3.8, 4) is 5.88 Å². The number of hydrogen-bond acceptors (Lipinski definition) is 4. The smallest absolute Gasteiger partial charge is 0.323 e. The van der Waals surface area contributed by atoms with Gasteiger partial charge in [-0.2, -0.15) is 4.98 Å². The van der Waals surface area contributed by atoms with E-state index in [9.17, 15) is 4.79 Å². The fourth-order valence-electron chi connectivity index (χ4n) is 4.39. The Labute approximate surface area is 149 Å². The number of piperidine rings is 2. The Morgan fingerprint density at radius 1 is 1.28 bits per heavy atom. The molecule has 3 heterocycles. The Balaban J connectivity index is 1.36. The van der Waals surface area contributed by atoms with Crippen molar-refractivity contribution in [3.63, 3.8) is 0 Å². The van der Waals surface area contributed by atoms with Gasteiger partial charge in [0.1, 0.15) is 5.82 Å². The van der Waals surface area contributed by atoms with Gasteiger partial charge in [-0.3, -0.25) is 10.2 Å². The summed E-state index contributed by atoms with van der Waals surface area (Å²) in [4.78, 5) is 21.7. The first-order chi connectivity index (χ1) is 12.2.